The Morgan fingerprint density at radius 3 is 2.57 bits per heavy atom. The highest BCUT2D eigenvalue weighted by atomic mass is 32.2. The molecule has 0 spiro atoms. The summed E-state index contributed by atoms with van der Waals surface area (Å²) in [6.07, 6.45) is 3.40. The van der Waals surface area contributed by atoms with Gasteiger partial charge in [0.1, 0.15) is 4.90 Å². The van der Waals surface area contributed by atoms with Crippen molar-refractivity contribution < 1.29 is 8.42 Å². The van der Waals surface area contributed by atoms with Crippen molar-refractivity contribution in [3.8, 4) is 0 Å². The lowest BCUT2D eigenvalue weighted by molar-refractivity contribution is 0.244. The van der Waals surface area contributed by atoms with Crippen molar-refractivity contribution in [2.75, 3.05) is 13.1 Å². The quantitative estimate of drug-likeness (QED) is 0.789. The molecule has 0 atom stereocenters. The Morgan fingerprint density at radius 2 is 1.89 bits per heavy atom. The van der Waals surface area contributed by atoms with Crippen LogP contribution in [0.25, 0.3) is 0 Å². The molecule has 2 aromatic rings. The predicted molar refractivity (Wildman–Crippen MR) is 107 cm³/mol. The summed E-state index contributed by atoms with van der Waals surface area (Å²) < 4.78 is 30.2. The number of aromatic nitrogens is 2. The number of likely N-dealkylation sites (tertiary alicyclic amines) is 1. The molecule has 7 nitrogen and oxygen atoms in total. The zero-order chi connectivity index (χ0) is 19.9. The van der Waals surface area contributed by atoms with E-state index in [2.05, 4.69) is 9.38 Å². The summed E-state index contributed by atoms with van der Waals surface area (Å²) in [4.78, 5) is 19.0. The predicted octanol–water partition coefficient (Wildman–Crippen LogP) is 2.23. The first-order valence-electron chi connectivity index (χ1n) is 9.61. The molecule has 1 fully saturated rings. The number of hydrogen-bond donors (Lipinski definition) is 0. The van der Waals surface area contributed by atoms with E-state index in [9.17, 15) is 13.2 Å². The number of rotatable bonds is 3. The van der Waals surface area contributed by atoms with Crippen LogP contribution >= 0.6 is 0 Å². The first kappa shape index (κ1) is 18.9. The fraction of sp³-hybridized carbons (Fsp3) is 0.450. The Hall–Kier alpha value is -2.48. The van der Waals surface area contributed by atoms with Gasteiger partial charge in [0.2, 0.25) is 0 Å². The lowest BCUT2D eigenvalue weighted by Crippen LogP contribution is -2.40. The molecule has 2 aliphatic rings. The number of amidine groups is 1. The smallest absolute Gasteiger partial charge is 0.285 e. The van der Waals surface area contributed by atoms with Crippen LogP contribution in [0.4, 0.5) is 0 Å². The molecule has 0 N–H and O–H groups in total. The van der Waals surface area contributed by atoms with Gasteiger partial charge in [0.25, 0.3) is 15.6 Å². The first-order chi connectivity index (χ1) is 13.3. The van der Waals surface area contributed by atoms with Crippen molar-refractivity contribution in [2.24, 2.45) is 10.3 Å². The molecule has 3 heterocycles. The molecule has 8 heteroatoms. The van der Waals surface area contributed by atoms with Crippen LogP contribution in [0, 0.1) is 5.92 Å². The average molecular weight is 401 g/mol. The fourth-order valence-electron chi connectivity index (χ4n) is 3.81. The van der Waals surface area contributed by atoms with Gasteiger partial charge in [0.15, 0.2) is 5.84 Å². The maximum absolute atomic E-state index is 12.3. The lowest BCUT2D eigenvalue weighted by atomic mass is 9.96. The van der Waals surface area contributed by atoms with Gasteiger partial charge in [0, 0.05) is 31.3 Å². The van der Waals surface area contributed by atoms with E-state index in [-0.39, 0.29) is 16.4 Å². The Labute approximate surface area is 164 Å². The molecular formula is C20H24N4O3S. The van der Waals surface area contributed by atoms with Crippen LogP contribution < -0.4 is 5.56 Å². The summed E-state index contributed by atoms with van der Waals surface area (Å²) in [5, 5.41) is 0. The Balaban J connectivity index is 1.44. The number of nitrogens with zero attached hydrogens (tertiary/aromatic N) is 4. The molecule has 0 saturated carbocycles. The normalized spacial score (nSPS) is 19.0. The van der Waals surface area contributed by atoms with Gasteiger partial charge in [-0.3, -0.25) is 9.36 Å². The van der Waals surface area contributed by atoms with E-state index in [0.717, 1.165) is 31.6 Å². The second-order valence-electron chi connectivity index (χ2n) is 7.78. The molecule has 28 heavy (non-hydrogen) atoms. The zero-order valence-corrected chi connectivity index (χ0v) is 16.9. The molecule has 0 aliphatic carbocycles. The molecule has 4 rings (SSSR count). The number of piperidine rings is 1. The molecule has 2 aliphatic heterocycles. The number of fused-ring (bicyclic) bond motifs is 1. The highest BCUT2D eigenvalue weighted by Crippen LogP contribution is 2.29. The highest BCUT2D eigenvalue weighted by Gasteiger charge is 2.33. The third-order valence-corrected chi connectivity index (χ3v) is 6.80. The minimum Gasteiger partial charge on any atom is -0.355 e. The fourth-order valence-corrected chi connectivity index (χ4v) is 5.04. The van der Waals surface area contributed by atoms with Crippen LogP contribution in [0.2, 0.25) is 0 Å². The molecule has 0 unspecified atom stereocenters. The minimum atomic E-state index is -3.59. The van der Waals surface area contributed by atoms with Crippen molar-refractivity contribution in [3.63, 3.8) is 0 Å². The molecular weight excluding hydrogens is 376 g/mol. The van der Waals surface area contributed by atoms with E-state index >= 15 is 0 Å². The van der Waals surface area contributed by atoms with Gasteiger partial charge < -0.3 is 4.90 Å². The number of hydrogen-bond acceptors (Lipinski definition) is 5. The third kappa shape index (κ3) is 3.48. The van der Waals surface area contributed by atoms with Crippen LogP contribution in [-0.4, -0.2) is 41.8 Å². The van der Waals surface area contributed by atoms with E-state index in [4.69, 9.17) is 0 Å². The standard InChI is InChI=1S/C20H24N4O3S/c1-14(2)17-11-19(25)24(13-21-17)12-15-7-9-23(10-8-15)20-16-5-3-4-6-18(16)28(26,27)22-20/h3-6,11,13-15H,7-10,12H2,1-2H3. The molecule has 1 aromatic carbocycles. The zero-order valence-electron chi connectivity index (χ0n) is 16.1. The van der Waals surface area contributed by atoms with Crippen LogP contribution in [0.3, 0.4) is 0 Å². The van der Waals surface area contributed by atoms with Gasteiger partial charge in [-0.1, -0.05) is 26.0 Å². The maximum atomic E-state index is 12.3. The first-order valence-corrected chi connectivity index (χ1v) is 11.0. The van der Waals surface area contributed by atoms with Gasteiger partial charge >= 0.3 is 0 Å². The number of sulfonamides is 1. The van der Waals surface area contributed by atoms with Crippen molar-refractivity contribution in [1.82, 2.24) is 14.5 Å². The van der Waals surface area contributed by atoms with Gasteiger partial charge in [-0.15, -0.1) is 4.40 Å². The van der Waals surface area contributed by atoms with Gasteiger partial charge in [-0.2, -0.15) is 8.42 Å². The molecule has 1 aromatic heterocycles. The Kier molecular flexibility index (Phi) is 4.82. The van der Waals surface area contributed by atoms with Gasteiger partial charge in [-0.05, 0) is 36.8 Å². The van der Waals surface area contributed by atoms with E-state index in [1.807, 2.05) is 30.9 Å². The third-order valence-electron chi connectivity index (χ3n) is 5.47. The van der Waals surface area contributed by atoms with Crippen molar-refractivity contribution >= 4 is 15.9 Å². The van der Waals surface area contributed by atoms with Crippen LogP contribution in [0.15, 0.2) is 50.7 Å². The van der Waals surface area contributed by atoms with E-state index in [0.29, 0.717) is 23.9 Å². The van der Waals surface area contributed by atoms with Crippen molar-refractivity contribution in [1.29, 1.82) is 0 Å². The second-order valence-corrected chi connectivity index (χ2v) is 9.35. The highest BCUT2D eigenvalue weighted by molar-refractivity contribution is 7.90. The Bertz CT molecular complexity index is 1080. The molecule has 0 radical (unpaired) electrons. The average Bonchev–Trinajstić information content (AvgIpc) is 2.95. The summed E-state index contributed by atoms with van der Waals surface area (Å²) >= 11 is 0. The summed E-state index contributed by atoms with van der Waals surface area (Å²) in [6.45, 7) is 6.12. The second kappa shape index (κ2) is 7.16. The van der Waals surface area contributed by atoms with Crippen LogP contribution in [0.5, 0.6) is 0 Å². The summed E-state index contributed by atoms with van der Waals surface area (Å²) in [5.41, 5.74) is 1.49. The summed E-state index contributed by atoms with van der Waals surface area (Å²) in [5.74, 6) is 1.14. The monoisotopic (exact) mass is 400 g/mol. The van der Waals surface area contributed by atoms with Gasteiger partial charge in [0.05, 0.1) is 12.0 Å². The topological polar surface area (TPSA) is 84.6 Å². The molecule has 148 valence electrons. The molecule has 0 bridgehead atoms. The maximum Gasteiger partial charge on any atom is 0.285 e. The van der Waals surface area contributed by atoms with Crippen molar-refractivity contribution in [2.45, 2.75) is 44.0 Å². The van der Waals surface area contributed by atoms with Crippen LogP contribution in [0.1, 0.15) is 43.9 Å². The van der Waals surface area contributed by atoms with Gasteiger partial charge in [-0.25, -0.2) is 4.98 Å². The van der Waals surface area contributed by atoms with Crippen LogP contribution in [-0.2, 0) is 16.6 Å². The molecule has 1 saturated heterocycles. The summed E-state index contributed by atoms with van der Waals surface area (Å²) in [7, 11) is -3.59. The van der Waals surface area contributed by atoms with E-state index in [1.165, 1.54) is 0 Å². The van der Waals surface area contributed by atoms with E-state index in [1.54, 1.807) is 29.1 Å². The van der Waals surface area contributed by atoms with Crippen molar-refractivity contribution in [3.05, 3.63) is 58.3 Å². The van der Waals surface area contributed by atoms with E-state index < -0.39 is 10.0 Å². The Morgan fingerprint density at radius 1 is 1.18 bits per heavy atom. The lowest BCUT2D eigenvalue weighted by Gasteiger charge is -2.33. The molecule has 0 amide bonds. The SMILES string of the molecule is CC(C)c1cc(=O)n(CC2CCN(C3=NS(=O)(=O)c4ccccc43)CC2)cn1. The minimum absolute atomic E-state index is 0.0127. The number of benzene rings is 1. The largest absolute Gasteiger partial charge is 0.355 e. The summed E-state index contributed by atoms with van der Waals surface area (Å²) in [6, 6.07) is 8.59.